The molecule has 0 saturated carbocycles. The molecule has 0 aliphatic carbocycles. The van der Waals surface area contributed by atoms with Crippen LogP contribution in [0.15, 0.2) is 35.7 Å². The van der Waals surface area contributed by atoms with Crippen LogP contribution in [0.2, 0.25) is 0 Å². The topological polar surface area (TPSA) is 81.9 Å². The van der Waals surface area contributed by atoms with Gasteiger partial charge in [0.2, 0.25) is 11.6 Å². The smallest absolute Gasteiger partial charge is 0.283 e. The van der Waals surface area contributed by atoms with Gasteiger partial charge in [-0.3, -0.25) is 10.1 Å². The predicted octanol–water partition coefficient (Wildman–Crippen LogP) is 2.35. The third kappa shape index (κ3) is 3.37. The zero-order valence-electron chi connectivity index (χ0n) is 12.7. The van der Waals surface area contributed by atoms with Crippen LogP contribution in [0, 0.1) is 6.92 Å². The highest BCUT2D eigenvalue weighted by Crippen LogP contribution is 2.20. The molecule has 0 saturated heterocycles. The highest BCUT2D eigenvalue weighted by Gasteiger charge is 2.21. The van der Waals surface area contributed by atoms with Crippen LogP contribution in [0.4, 0.5) is 5.13 Å². The van der Waals surface area contributed by atoms with E-state index in [-0.39, 0.29) is 5.69 Å². The maximum absolute atomic E-state index is 12.3. The number of rotatable bonds is 5. The maximum Gasteiger partial charge on any atom is 0.283 e. The van der Waals surface area contributed by atoms with E-state index in [0.29, 0.717) is 17.6 Å². The molecule has 3 aromatic rings. The molecule has 0 aliphatic heterocycles. The van der Waals surface area contributed by atoms with E-state index in [1.165, 1.54) is 18.4 Å². The number of methoxy groups -OCH3 is 1. The molecule has 2 heterocycles. The van der Waals surface area contributed by atoms with Crippen molar-refractivity contribution in [2.24, 2.45) is 0 Å². The Labute approximate surface area is 136 Å². The first-order valence-electron chi connectivity index (χ1n) is 6.92. The molecule has 3 rings (SSSR count). The molecule has 0 spiro atoms. The molecule has 1 aromatic carbocycles. The van der Waals surface area contributed by atoms with E-state index in [9.17, 15) is 4.79 Å². The standard InChI is InChI=1S/C15H15N5O2S/c1-10-9-23-15(16-10)17-13(21)12-14(22-2)20(19-18-12)8-11-6-4-3-5-7-11/h3-7,9H,8H2,1-2H3,(H,16,17,21). The van der Waals surface area contributed by atoms with Crippen molar-refractivity contribution >= 4 is 22.4 Å². The molecule has 0 atom stereocenters. The number of nitrogens with one attached hydrogen (secondary N) is 1. The van der Waals surface area contributed by atoms with Gasteiger partial charge in [-0.1, -0.05) is 35.5 Å². The Hall–Kier alpha value is -2.74. The first-order chi connectivity index (χ1) is 11.2. The van der Waals surface area contributed by atoms with Crippen LogP contribution in [-0.2, 0) is 6.54 Å². The number of carbonyl (C=O) groups is 1. The number of benzene rings is 1. The second-order valence-electron chi connectivity index (χ2n) is 4.84. The van der Waals surface area contributed by atoms with Gasteiger partial charge in [0.15, 0.2) is 5.13 Å². The maximum atomic E-state index is 12.3. The summed E-state index contributed by atoms with van der Waals surface area (Å²) in [5.74, 6) is -0.0739. The van der Waals surface area contributed by atoms with Crippen LogP contribution in [0.3, 0.4) is 0 Å². The minimum absolute atomic E-state index is 0.135. The van der Waals surface area contributed by atoms with Gasteiger partial charge in [0.1, 0.15) is 0 Å². The molecule has 23 heavy (non-hydrogen) atoms. The molecular formula is C15H15N5O2S. The van der Waals surface area contributed by atoms with Crippen LogP contribution in [0.1, 0.15) is 21.7 Å². The number of amides is 1. The lowest BCUT2D eigenvalue weighted by Gasteiger charge is -2.06. The first kappa shape index (κ1) is 15.2. The fraction of sp³-hybridized carbons (Fsp3) is 0.200. The number of hydrogen-bond donors (Lipinski definition) is 1. The molecular weight excluding hydrogens is 314 g/mol. The first-order valence-corrected chi connectivity index (χ1v) is 7.80. The molecule has 0 radical (unpaired) electrons. The van der Waals surface area contributed by atoms with Crippen LogP contribution in [0.25, 0.3) is 0 Å². The van der Waals surface area contributed by atoms with Crippen molar-refractivity contribution in [3.63, 3.8) is 0 Å². The lowest BCUT2D eigenvalue weighted by molar-refractivity contribution is 0.101. The zero-order chi connectivity index (χ0) is 16.2. The van der Waals surface area contributed by atoms with Crippen molar-refractivity contribution < 1.29 is 9.53 Å². The number of carbonyl (C=O) groups excluding carboxylic acids is 1. The van der Waals surface area contributed by atoms with Gasteiger partial charge in [0.25, 0.3) is 5.91 Å². The molecule has 0 unspecified atom stereocenters. The largest absolute Gasteiger partial charge is 0.479 e. The summed E-state index contributed by atoms with van der Waals surface area (Å²) < 4.78 is 6.87. The Morgan fingerprint density at radius 1 is 1.35 bits per heavy atom. The SMILES string of the molecule is COc1c(C(=O)Nc2nc(C)cs2)nnn1Cc1ccccc1. The Balaban J connectivity index is 1.81. The normalized spacial score (nSPS) is 10.5. The van der Waals surface area contributed by atoms with Crippen LogP contribution in [-0.4, -0.2) is 33.0 Å². The minimum atomic E-state index is -0.393. The summed E-state index contributed by atoms with van der Waals surface area (Å²) in [4.78, 5) is 16.5. The highest BCUT2D eigenvalue weighted by molar-refractivity contribution is 7.13. The van der Waals surface area contributed by atoms with Gasteiger partial charge >= 0.3 is 0 Å². The van der Waals surface area contributed by atoms with E-state index in [2.05, 4.69) is 20.6 Å². The summed E-state index contributed by atoms with van der Waals surface area (Å²) in [6.45, 7) is 2.34. The van der Waals surface area contributed by atoms with Crippen molar-refractivity contribution in [3.8, 4) is 5.88 Å². The number of thiazole rings is 1. The molecule has 0 aliphatic rings. The summed E-state index contributed by atoms with van der Waals surface area (Å²) in [6, 6.07) is 9.77. The van der Waals surface area contributed by atoms with Gasteiger partial charge in [0.05, 0.1) is 19.3 Å². The monoisotopic (exact) mass is 329 g/mol. The molecule has 1 N–H and O–H groups in total. The zero-order valence-corrected chi connectivity index (χ0v) is 13.5. The number of aryl methyl sites for hydroxylation is 1. The molecule has 8 heteroatoms. The van der Waals surface area contributed by atoms with E-state index in [0.717, 1.165) is 11.3 Å². The van der Waals surface area contributed by atoms with E-state index >= 15 is 0 Å². The van der Waals surface area contributed by atoms with Gasteiger partial charge in [-0.25, -0.2) is 9.67 Å². The quantitative estimate of drug-likeness (QED) is 0.777. The number of ether oxygens (including phenoxy) is 1. The number of anilines is 1. The van der Waals surface area contributed by atoms with Crippen LogP contribution < -0.4 is 10.1 Å². The van der Waals surface area contributed by atoms with E-state index in [1.807, 2.05) is 42.6 Å². The average Bonchev–Trinajstić information content (AvgIpc) is 3.14. The van der Waals surface area contributed by atoms with Gasteiger partial charge < -0.3 is 4.74 Å². The number of aromatic nitrogens is 4. The van der Waals surface area contributed by atoms with Crippen molar-refractivity contribution in [3.05, 3.63) is 52.7 Å². The van der Waals surface area contributed by atoms with Crippen LogP contribution in [0.5, 0.6) is 5.88 Å². The van der Waals surface area contributed by atoms with Crippen molar-refractivity contribution in [2.75, 3.05) is 12.4 Å². The van der Waals surface area contributed by atoms with Gasteiger partial charge in [-0.15, -0.1) is 16.4 Å². The third-order valence-electron chi connectivity index (χ3n) is 3.11. The van der Waals surface area contributed by atoms with E-state index in [4.69, 9.17) is 4.74 Å². The molecule has 0 bridgehead atoms. The van der Waals surface area contributed by atoms with E-state index in [1.54, 1.807) is 4.68 Å². The Morgan fingerprint density at radius 2 is 2.13 bits per heavy atom. The molecule has 1 amide bonds. The van der Waals surface area contributed by atoms with Gasteiger partial charge in [0, 0.05) is 5.38 Å². The fourth-order valence-electron chi connectivity index (χ4n) is 2.08. The fourth-order valence-corrected chi connectivity index (χ4v) is 2.76. The van der Waals surface area contributed by atoms with Gasteiger partial charge in [-0.2, -0.15) is 0 Å². The minimum Gasteiger partial charge on any atom is -0.479 e. The lowest BCUT2D eigenvalue weighted by atomic mass is 10.2. The summed E-state index contributed by atoms with van der Waals surface area (Å²) >= 11 is 1.36. The van der Waals surface area contributed by atoms with Crippen molar-refractivity contribution in [1.29, 1.82) is 0 Å². The molecule has 0 fully saturated rings. The van der Waals surface area contributed by atoms with Gasteiger partial charge in [-0.05, 0) is 12.5 Å². The highest BCUT2D eigenvalue weighted by atomic mass is 32.1. The summed E-state index contributed by atoms with van der Waals surface area (Å²) in [6.07, 6.45) is 0. The van der Waals surface area contributed by atoms with Crippen LogP contribution >= 0.6 is 11.3 Å². The average molecular weight is 329 g/mol. The number of nitrogens with zero attached hydrogens (tertiary/aromatic N) is 4. The second-order valence-corrected chi connectivity index (χ2v) is 5.70. The third-order valence-corrected chi connectivity index (χ3v) is 3.99. The second kappa shape index (κ2) is 6.57. The Bertz CT molecular complexity index is 812. The summed E-state index contributed by atoms with van der Waals surface area (Å²) in [5.41, 5.74) is 2.03. The molecule has 118 valence electrons. The molecule has 7 nitrogen and oxygen atoms in total. The van der Waals surface area contributed by atoms with Crippen molar-refractivity contribution in [2.45, 2.75) is 13.5 Å². The Morgan fingerprint density at radius 3 is 2.78 bits per heavy atom. The van der Waals surface area contributed by atoms with Crippen molar-refractivity contribution in [1.82, 2.24) is 20.0 Å². The Kier molecular flexibility index (Phi) is 4.33. The summed E-state index contributed by atoms with van der Waals surface area (Å²) in [7, 11) is 1.49. The predicted molar refractivity (Wildman–Crippen MR) is 86.9 cm³/mol. The van der Waals surface area contributed by atoms with E-state index < -0.39 is 5.91 Å². The molecule has 2 aromatic heterocycles. The number of hydrogen-bond acceptors (Lipinski definition) is 6. The summed E-state index contributed by atoms with van der Waals surface area (Å²) in [5, 5.41) is 13.0. The lowest BCUT2D eigenvalue weighted by Crippen LogP contribution is -2.14.